The van der Waals surface area contributed by atoms with E-state index in [0.717, 1.165) is 17.4 Å². The topological polar surface area (TPSA) is 3.24 Å². The molecule has 2 aromatic rings. The summed E-state index contributed by atoms with van der Waals surface area (Å²) < 4.78 is 0.913. The van der Waals surface area contributed by atoms with E-state index in [2.05, 4.69) is 76.4 Å². The Labute approximate surface area is 162 Å². The Morgan fingerprint density at radius 3 is 2.40 bits per heavy atom. The van der Waals surface area contributed by atoms with E-state index in [-0.39, 0.29) is 0 Å². The molecule has 0 amide bonds. The Hall–Kier alpha value is -1.61. The minimum atomic E-state index is 0.456. The Morgan fingerprint density at radius 2 is 1.80 bits per heavy atom. The zero-order chi connectivity index (χ0) is 19.0. The first-order valence-corrected chi connectivity index (χ1v) is 9.43. The van der Waals surface area contributed by atoms with E-state index in [4.69, 9.17) is 11.6 Å². The predicted octanol–water partition coefficient (Wildman–Crippen LogP) is 6.76. The lowest BCUT2D eigenvalue weighted by molar-refractivity contribution is 0.299. The smallest absolute Gasteiger partial charge is 0.0934 e. The largest absolute Gasteiger partial charge is 0.300 e. The molecule has 1 nitrogen and oxygen atoms in total. The molecular formula is C22H28ClNS. The molecule has 0 unspecified atom stereocenters. The van der Waals surface area contributed by atoms with Crippen molar-refractivity contribution in [2.24, 2.45) is 0 Å². The molecule has 0 saturated carbocycles. The van der Waals surface area contributed by atoms with E-state index in [1.54, 1.807) is 23.5 Å². The van der Waals surface area contributed by atoms with Crippen LogP contribution in [0.1, 0.15) is 33.0 Å². The third kappa shape index (κ3) is 5.43. The Balaban J connectivity index is 0.000000461. The maximum atomic E-state index is 6.22. The number of halogens is 1. The van der Waals surface area contributed by atoms with Gasteiger partial charge in [-0.3, -0.25) is 0 Å². The summed E-state index contributed by atoms with van der Waals surface area (Å²) in [5.74, 6) is 0.456. The first-order chi connectivity index (χ1) is 12.0. The van der Waals surface area contributed by atoms with E-state index in [1.807, 2.05) is 0 Å². The van der Waals surface area contributed by atoms with Gasteiger partial charge in [-0.2, -0.15) is 0 Å². The number of fused-ring (bicyclic) bond motifs is 1. The Kier molecular flexibility index (Phi) is 8.91. The summed E-state index contributed by atoms with van der Waals surface area (Å²) in [6.45, 7) is 19.2. The number of allylic oxidation sites excluding steroid dienone is 2. The Morgan fingerprint density at radius 1 is 1.16 bits per heavy atom. The van der Waals surface area contributed by atoms with Crippen LogP contribution < -0.4 is 0 Å². The zero-order valence-electron chi connectivity index (χ0n) is 15.5. The number of hydrogen-bond donors (Lipinski definition) is 0. The van der Waals surface area contributed by atoms with Crippen molar-refractivity contribution >= 4 is 22.9 Å². The van der Waals surface area contributed by atoms with Gasteiger partial charge in [-0.15, -0.1) is 24.5 Å². The van der Waals surface area contributed by atoms with Crippen molar-refractivity contribution in [3.63, 3.8) is 0 Å². The van der Waals surface area contributed by atoms with E-state index < -0.39 is 0 Å². The average molecular weight is 374 g/mol. The number of aryl methyl sites for hydroxylation is 1. The van der Waals surface area contributed by atoms with Gasteiger partial charge >= 0.3 is 0 Å². The molecule has 2 heterocycles. The van der Waals surface area contributed by atoms with Crippen LogP contribution in [0, 0.1) is 13.8 Å². The number of nitrogens with zero attached hydrogens (tertiary/aromatic N) is 1. The molecule has 0 aliphatic carbocycles. The van der Waals surface area contributed by atoms with Crippen LogP contribution >= 0.6 is 22.9 Å². The second-order valence-electron chi connectivity index (χ2n) is 5.94. The molecule has 3 heteroatoms. The molecule has 0 spiro atoms. The van der Waals surface area contributed by atoms with Gasteiger partial charge in [0.1, 0.15) is 0 Å². The molecule has 25 heavy (non-hydrogen) atoms. The summed E-state index contributed by atoms with van der Waals surface area (Å²) in [6.07, 6.45) is 3.28. The van der Waals surface area contributed by atoms with Crippen LogP contribution in [0.4, 0.5) is 0 Å². The van der Waals surface area contributed by atoms with Crippen LogP contribution in [-0.4, -0.2) is 18.5 Å². The summed E-state index contributed by atoms with van der Waals surface area (Å²) in [7, 11) is 2.19. The lowest BCUT2D eigenvalue weighted by Crippen LogP contribution is -2.30. The molecule has 0 saturated heterocycles. The third-order valence-corrected chi connectivity index (χ3v) is 5.55. The number of likely N-dealkylation sites (N-methyl/N-ethyl adjacent to an activating group) is 1. The van der Waals surface area contributed by atoms with Gasteiger partial charge in [-0.05, 0) is 49.2 Å². The van der Waals surface area contributed by atoms with Crippen molar-refractivity contribution in [1.29, 1.82) is 0 Å². The first kappa shape index (κ1) is 21.4. The summed E-state index contributed by atoms with van der Waals surface area (Å²) in [4.78, 5) is 3.81. The SMILES string of the molecule is C=C.C=CC=C.Cc1cccc([C@@H]2CN(C)Cc3sc(Cl)cc32)c1C. The van der Waals surface area contributed by atoms with E-state index in [1.165, 1.54) is 27.1 Å². The van der Waals surface area contributed by atoms with Crippen molar-refractivity contribution in [2.45, 2.75) is 26.3 Å². The molecule has 1 aliphatic rings. The van der Waals surface area contributed by atoms with Crippen molar-refractivity contribution in [3.05, 3.63) is 94.2 Å². The van der Waals surface area contributed by atoms with Gasteiger partial charge in [-0.1, -0.05) is 55.1 Å². The summed E-state index contributed by atoms with van der Waals surface area (Å²) in [5.41, 5.74) is 5.66. The minimum Gasteiger partial charge on any atom is -0.300 e. The van der Waals surface area contributed by atoms with Gasteiger partial charge in [0.25, 0.3) is 0 Å². The molecule has 3 rings (SSSR count). The Bertz CT molecular complexity index is 711. The number of benzene rings is 1. The van der Waals surface area contributed by atoms with Crippen molar-refractivity contribution in [1.82, 2.24) is 4.90 Å². The molecule has 134 valence electrons. The standard InChI is InChI=1S/C16H18ClNS.C4H6.C2H4/c1-10-5-4-6-12(11(10)2)14-8-18(3)9-15-13(14)7-16(17)19-15;1-3-4-2;1-2/h4-7,14H,8-9H2,1-3H3;3-4H,1-2H2;1-2H2/t14-;;/m0../s1. The summed E-state index contributed by atoms with van der Waals surface area (Å²) in [6, 6.07) is 8.79. The maximum Gasteiger partial charge on any atom is 0.0934 e. The van der Waals surface area contributed by atoms with Gasteiger partial charge in [0.05, 0.1) is 4.34 Å². The van der Waals surface area contributed by atoms with Crippen LogP contribution in [0.5, 0.6) is 0 Å². The van der Waals surface area contributed by atoms with Crippen molar-refractivity contribution < 1.29 is 0 Å². The first-order valence-electron chi connectivity index (χ1n) is 8.24. The molecule has 0 radical (unpaired) electrons. The molecule has 0 fully saturated rings. The minimum absolute atomic E-state index is 0.456. The maximum absolute atomic E-state index is 6.22. The van der Waals surface area contributed by atoms with Crippen molar-refractivity contribution in [2.75, 3.05) is 13.6 Å². The fourth-order valence-electron chi connectivity index (χ4n) is 2.96. The highest BCUT2D eigenvalue weighted by Gasteiger charge is 2.28. The van der Waals surface area contributed by atoms with Gasteiger partial charge in [0.15, 0.2) is 0 Å². The zero-order valence-corrected chi connectivity index (χ0v) is 17.1. The van der Waals surface area contributed by atoms with Crippen LogP contribution in [0.2, 0.25) is 4.34 Å². The second-order valence-corrected chi connectivity index (χ2v) is 7.71. The second kappa shape index (κ2) is 10.4. The quantitative estimate of drug-likeness (QED) is 0.415. The monoisotopic (exact) mass is 373 g/mol. The fraction of sp³-hybridized carbons (Fsp3) is 0.273. The van der Waals surface area contributed by atoms with Gasteiger partial charge in [0.2, 0.25) is 0 Å². The summed E-state index contributed by atoms with van der Waals surface area (Å²) >= 11 is 7.95. The number of rotatable bonds is 2. The van der Waals surface area contributed by atoms with Crippen LogP contribution in [0.25, 0.3) is 0 Å². The molecule has 1 atom stereocenters. The fourth-order valence-corrected chi connectivity index (χ4v) is 4.39. The number of hydrogen-bond acceptors (Lipinski definition) is 2. The predicted molar refractivity (Wildman–Crippen MR) is 115 cm³/mol. The van der Waals surface area contributed by atoms with E-state index >= 15 is 0 Å². The third-order valence-electron chi connectivity index (χ3n) is 4.28. The highest BCUT2D eigenvalue weighted by Crippen LogP contribution is 2.40. The molecule has 1 aliphatic heterocycles. The lowest BCUT2D eigenvalue weighted by Gasteiger charge is -2.31. The molecule has 1 aromatic heterocycles. The van der Waals surface area contributed by atoms with E-state index in [0.29, 0.717) is 5.92 Å². The van der Waals surface area contributed by atoms with Crippen LogP contribution in [0.3, 0.4) is 0 Å². The van der Waals surface area contributed by atoms with Crippen LogP contribution in [0.15, 0.2) is 62.7 Å². The van der Waals surface area contributed by atoms with Gasteiger partial charge in [-0.25, -0.2) is 0 Å². The van der Waals surface area contributed by atoms with Crippen molar-refractivity contribution in [3.8, 4) is 0 Å². The highest BCUT2D eigenvalue weighted by molar-refractivity contribution is 7.16. The number of thiophene rings is 1. The normalized spacial score (nSPS) is 15.8. The van der Waals surface area contributed by atoms with E-state index in [9.17, 15) is 0 Å². The molecule has 0 bridgehead atoms. The molecule has 1 aromatic carbocycles. The molecular weight excluding hydrogens is 346 g/mol. The van der Waals surface area contributed by atoms with Crippen LogP contribution in [-0.2, 0) is 6.54 Å². The lowest BCUT2D eigenvalue weighted by atomic mass is 9.85. The average Bonchev–Trinajstić information content (AvgIpc) is 2.98. The highest BCUT2D eigenvalue weighted by atomic mass is 35.5. The summed E-state index contributed by atoms with van der Waals surface area (Å²) in [5, 5.41) is 0. The van der Waals surface area contributed by atoms with Gasteiger partial charge in [0, 0.05) is 23.9 Å². The van der Waals surface area contributed by atoms with Gasteiger partial charge < -0.3 is 4.90 Å². The molecule has 0 N–H and O–H groups in total.